The van der Waals surface area contributed by atoms with Crippen LogP contribution in [0.4, 0.5) is 5.69 Å². The Hall–Kier alpha value is -2.44. The van der Waals surface area contributed by atoms with E-state index in [2.05, 4.69) is 15.1 Å². The number of nitrogens with zero attached hydrogens (tertiary/aromatic N) is 5. The molecule has 0 aliphatic rings. The summed E-state index contributed by atoms with van der Waals surface area (Å²) >= 11 is 0. The van der Waals surface area contributed by atoms with E-state index in [0.29, 0.717) is 17.4 Å². The highest BCUT2D eigenvalue weighted by atomic mass is 16.5. The molecule has 0 spiro atoms. The Morgan fingerprint density at radius 1 is 1.33 bits per heavy atom. The van der Waals surface area contributed by atoms with Crippen molar-refractivity contribution in [3.8, 4) is 11.7 Å². The van der Waals surface area contributed by atoms with E-state index in [0.717, 1.165) is 0 Å². The Balaban J connectivity index is 2.26. The first-order valence-corrected chi connectivity index (χ1v) is 5.27. The first-order chi connectivity index (χ1) is 8.61. The number of ether oxygens (including phenoxy) is 1. The maximum atomic E-state index is 11.2. The lowest BCUT2D eigenvalue weighted by Gasteiger charge is -2.10. The van der Waals surface area contributed by atoms with Gasteiger partial charge in [0.1, 0.15) is 5.69 Å². The van der Waals surface area contributed by atoms with E-state index in [-0.39, 0.29) is 5.91 Å². The van der Waals surface area contributed by atoms with Gasteiger partial charge in [-0.3, -0.25) is 4.79 Å². The maximum absolute atomic E-state index is 11.2. The zero-order valence-electron chi connectivity index (χ0n) is 10.4. The fraction of sp³-hybridized carbons (Fsp3) is 0.273. The number of amides is 1. The Morgan fingerprint density at radius 2 is 2.00 bits per heavy atom. The van der Waals surface area contributed by atoms with Crippen molar-refractivity contribution in [2.24, 2.45) is 0 Å². The lowest BCUT2D eigenvalue weighted by atomic mass is 10.4. The molecule has 2 rings (SSSR count). The van der Waals surface area contributed by atoms with Crippen molar-refractivity contribution in [3.05, 3.63) is 24.8 Å². The molecule has 0 saturated heterocycles. The van der Waals surface area contributed by atoms with Gasteiger partial charge < -0.3 is 9.64 Å². The minimum atomic E-state index is -0.0551. The zero-order valence-corrected chi connectivity index (χ0v) is 10.4. The molecule has 7 heteroatoms. The highest BCUT2D eigenvalue weighted by molar-refractivity contribution is 5.90. The smallest absolute Gasteiger partial charge is 0.316 e. The second-order valence-electron chi connectivity index (χ2n) is 3.65. The zero-order chi connectivity index (χ0) is 13.1. The molecule has 0 aliphatic carbocycles. The van der Waals surface area contributed by atoms with Crippen molar-refractivity contribution in [2.45, 2.75) is 6.92 Å². The monoisotopic (exact) mass is 247 g/mol. The van der Waals surface area contributed by atoms with Gasteiger partial charge in [-0.25, -0.2) is 14.6 Å². The molecule has 7 nitrogen and oxygen atoms in total. The van der Waals surface area contributed by atoms with Crippen molar-refractivity contribution >= 4 is 11.6 Å². The predicted octanol–water partition coefficient (Wildman–Crippen LogP) is 0.654. The van der Waals surface area contributed by atoms with Crippen molar-refractivity contribution in [1.29, 1.82) is 0 Å². The quantitative estimate of drug-likeness (QED) is 0.796. The SMILES string of the molecule is COc1ncc(-n2cc(N(C)C(C)=O)cn2)cn1. The average molecular weight is 247 g/mol. The number of carbonyl (C=O) groups is 1. The third-order valence-electron chi connectivity index (χ3n) is 2.49. The van der Waals surface area contributed by atoms with Crippen LogP contribution in [-0.2, 0) is 4.79 Å². The van der Waals surface area contributed by atoms with E-state index >= 15 is 0 Å². The molecule has 0 saturated carbocycles. The van der Waals surface area contributed by atoms with Crippen LogP contribution in [0.1, 0.15) is 6.92 Å². The van der Waals surface area contributed by atoms with E-state index in [9.17, 15) is 4.79 Å². The molecule has 0 N–H and O–H groups in total. The molecule has 1 amide bonds. The van der Waals surface area contributed by atoms with Crippen LogP contribution in [0.25, 0.3) is 5.69 Å². The third kappa shape index (κ3) is 2.29. The van der Waals surface area contributed by atoms with Crippen molar-refractivity contribution in [1.82, 2.24) is 19.7 Å². The fourth-order valence-corrected chi connectivity index (χ4v) is 1.34. The first-order valence-electron chi connectivity index (χ1n) is 5.27. The number of rotatable bonds is 3. The lowest BCUT2D eigenvalue weighted by Crippen LogP contribution is -2.22. The summed E-state index contributed by atoms with van der Waals surface area (Å²) in [6, 6.07) is 0.298. The standard InChI is InChI=1S/C11H13N5O2/c1-8(17)15(2)10-6-14-16(7-10)9-4-12-11(18-3)13-5-9/h4-7H,1-3H3. The maximum Gasteiger partial charge on any atom is 0.316 e. The number of hydrogen-bond acceptors (Lipinski definition) is 5. The molecule has 2 aromatic rings. The molecule has 0 unspecified atom stereocenters. The third-order valence-corrected chi connectivity index (χ3v) is 2.49. The normalized spacial score (nSPS) is 10.2. The van der Waals surface area contributed by atoms with Crippen LogP contribution in [0.2, 0.25) is 0 Å². The summed E-state index contributed by atoms with van der Waals surface area (Å²) in [4.78, 5) is 20.7. The summed E-state index contributed by atoms with van der Waals surface area (Å²) in [6.07, 6.45) is 6.52. The summed E-state index contributed by atoms with van der Waals surface area (Å²) in [5.41, 5.74) is 1.40. The number of carbonyl (C=O) groups excluding carboxylic acids is 1. The number of aromatic nitrogens is 4. The van der Waals surface area contributed by atoms with Crippen molar-refractivity contribution in [2.75, 3.05) is 19.1 Å². The van der Waals surface area contributed by atoms with Crippen LogP contribution in [0.15, 0.2) is 24.8 Å². The van der Waals surface area contributed by atoms with Gasteiger partial charge in [-0.2, -0.15) is 5.10 Å². The van der Waals surface area contributed by atoms with Gasteiger partial charge in [0.2, 0.25) is 5.91 Å². The molecule has 0 radical (unpaired) electrons. The van der Waals surface area contributed by atoms with E-state index in [1.807, 2.05) is 0 Å². The highest BCUT2D eigenvalue weighted by Gasteiger charge is 2.09. The Bertz CT molecular complexity index is 549. The van der Waals surface area contributed by atoms with Gasteiger partial charge in [-0.1, -0.05) is 0 Å². The first kappa shape index (κ1) is 12.0. The molecule has 0 aliphatic heterocycles. The van der Waals surface area contributed by atoms with E-state index in [1.165, 1.54) is 18.9 Å². The van der Waals surface area contributed by atoms with E-state index < -0.39 is 0 Å². The molecule has 18 heavy (non-hydrogen) atoms. The molecule has 0 fully saturated rings. The van der Waals surface area contributed by atoms with Crippen LogP contribution in [0.5, 0.6) is 6.01 Å². The fourth-order valence-electron chi connectivity index (χ4n) is 1.34. The van der Waals surface area contributed by atoms with Gasteiger partial charge in [0.05, 0.1) is 37.6 Å². The minimum Gasteiger partial charge on any atom is -0.467 e. The molecule has 2 heterocycles. The summed E-state index contributed by atoms with van der Waals surface area (Å²) in [6.45, 7) is 1.49. The molecular formula is C11H13N5O2. The molecule has 0 bridgehead atoms. The van der Waals surface area contributed by atoms with Gasteiger partial charge in [0.15, 0.2) is 0 Å². The topological polar surface area (TPSA) is 73.1 Å². The van der Waals surface area contributed by atoms with Crippen LogP contribution in [0.3, 0.4) is 0 Å². The molecular weight excluding hydrogens is 234 g/mol. The molecule has 0 atom stereocenters. The Labute approximate surface area is 104 Å². The number of methoxy groups -OCH3 is 1. The average Bonchev–Trinajstić information content (AvgIpc) is 2.87. The van der Waals surface area contributed by atoms with Crippen LogP contribution in [0, 0.1) is 0 Å². The van der Waals surface area contributed by atoms with Crippen LogP contribution in [-0.4, -0.2) is 39.8 Å². The van der Waals surface area contributed by atoms with Crippen LogP contribution >= 0.6 is 0 Å². The highest BCUT2D eigenvalue weighted by Crippen LogP contribution is 2.14. The van der Waals surface area contributed by atoms with E-state index in [4.69, 9.17) is 4.74 Å². The Kier molecular flexibility index (Phi) is 3.22. The van der Waals surface area contributed by atoms with E-state index in [1.54, 1.807) is 36.5 Å². The Morgan fingerprint density at radius 3 is 2.56 bits per heavy atom. The summed E-state index contributed by atoms with van der Waals surface area (Å²) in [5, 5.41) is 4.15. The summed E-state index contributed by atoms with van der Waals surface area (Å²) < 4.78 is 6.47. The van der Waals surface area contributed by atoms with Crippen molar-refractivity contribution in [3.63, 3.8) is 0 Å². The second-order valence-corrected chi connectivity index (χ2v) is 3.65. The number of hydrogen-bond donors (Lipinski definition) is 0. The summed E-state index contributed by atoms with van der Waals surface area (Å²) in [5.74, 6) is -0.0551. The van der Waals surface area contributed by atoms with Gasteiger partial charge in [-0.05, 0) is 0 Å². The minimum absolute atomic E-state index is 0.0551. The molecule has 0 aromatic carbocycles. The van der Waals surface area contributed by atoms with Crippen molar-refractivity contribution < 1.29 is 9.53 Å². The van der Waals surface area contributed by atoms with Gasteiger partial charge >= 0.3 is 6.01 Å². The largest absolute Gasteiger partial charge is 0.467 e. The predicted molar refractivity (Wildman–Crippen MR) is 64.8 cm³/mol. The number of anilines is 1. The van der Waals surface area contributed by atoms with Gasteiger partial charge in [0, 0.05) is 14.0 Å². The lowest BCUT2D eigenvalue weighted by molar-refractivity contribution is -0.116. The second kappa shape index (κ2) is 4.82. The molecule has 94 valence electrons. The van der Waals surface area contributed by atoms with Gasteiger partial charge in [0.25, 0.3) is 0 Å². The molecule has 2 aromatic heterocycles. The van der Waals surface area contributed by atoms with Crippen LogP contribution < -0.4 is 9.64 Å². The van der Waals surface area contributed by atoms with Gasteiger partial charge in [-0.15, -0.1) is 0 Å². The summed E-state index contributed by atoms with van der Waals surface area (Å²) in [7, 11) is 3.19.